The molecule has 0 atom stereocenters. The van der Waals surface area contributed by atoms with Gasteiger partial charge < -0.3 is 0 Å². The van der Waals surface area contributed by atoms with Gasteiger partial charge in [-0.3, -0.25) is 4.68 Å². The van der Waals surface area contributed by atoms with Crippen LogP contribution in [-0.4, -0.2) is 15.0 Å². The van der Waals surface area contributed by atoms with Crippen LogP contribution in [0, 0.1) is 0 Å². The van der Waals surface area contributed by atoms with E-state index in [9.17, 15) is 0 Å². The highest BCUT2D eigenvalue weighted by Crippen LogP contribution is 1.66. The minimum absolute atomic E-state index is 0. The van der Waals surface area contributed by atoms with E-state index in [1.54, 1.807) is 17.1 Å². The highest BCUT2D eigenvalue weighted by Gasteiger charge is 1.70. The van der Waals surface area contributed by atoms with Gasteiger partial charge in [0, 0.05) is 13.2 Å². The van der Waals surface area contributed by atoms with Crippen LogP contribution in [0.25, 0.3) is 0 Å². The van der Waals surface area contributed by atoms with E-state index in [-0.39, 0.29) is 7.43 Å². The van der Waals surface area contributed by atoms with Crippen LogP contribution in [0.4, 0.5) is 0 Å². The minimum atomic E-state index is 0. The molecule has 1 aromatic rings. The third-order valence-corrected chi connectivity index (χ3v) is 0.542. The molecule has 0 aliphatic carbocycles. The summed E-state index contributed by atoms with van der Waals surface area (Å²) in [5.74, 6) is 0. The van der Waals surface area contributed by atoms with Crippen molar-refractivity contribution in [2.75, 3.05) is 0 Å². The quantitative estimate of drug-likeness (QED) is 0.473. The summed E-state index contributed by atoms with van der Waals surface area (Å²) in [6.07, 6.45) is 3.42. The average Bonchev–Trinajstić information content (AvgIpc) is 1.86. The predicted octanol–water partition coefficient (Wildman–Crippen LogP) is 0.451. The van der Waals surface area contributed by atoms with Crippen molar-refractivity contribution in [1.29, 1.82) is 0 Å². The second kappa shape index (κ2) is 2.34. The van der Waals surface area contributed by atoms with E-state index < -0.39 is 0 Å². The molecular weight excluding hydrogens is 90.1 g/mol. The van der Waals surface area contributed by atoms with Crippen molar-refractivity contribution in [1.82, 2.24) is 15.0 Å². The number of nitrogens with zero attached hydrogens (tertiary/aromatic N) is 3. The number of aryl methyl sites for hydroxylation is 1. The number of hydrogen-bond donors (Lipinski definition) is 0. The smallest absolute Gasteiger partial charge is 0.0692 e. The first-order chi connectivity index (χ1) is 2.89. The van der Waals surface area contributed by atoms with Gasteiger partial charge in [0.25, 0.3) is 0 Å². The molecule has 0 spiro atoms. The minimum Gasteiger partial charge on any atom is -0.256 e. The van der Waals surface area contributed by atoms with Gasteiger partial charge in [0.15, 0.2) is 0 Å². The Morgan fingerprint density at radius 2 is 2.29 bits per heavy atom. The zero-order chi connectivity index (χ0) is 4.41. The largest absolute Gasteiger partial charge is 0.256 e. The van der Waals surface area contributed by atoms with Crippen molar-refractivity contribution < 1.29 is 0 Å². The lowest BCUT2D eigenvalue weighted by Crippen LogP contribution is -1.85. The van der Waals surface area contributed by atoms with E-state index in [4.69, 9.17) is 0 Å². The van der Waals surface area contributed by atoms with Gasteiger partial charge in [-0.25, -0.2) is 0 Å². The highest BCUT2D eigenvalue weighted by atomic mass is 15.4. The Bertz CT molecular complexity index is 110. The lowest BCUT2D eigenvalue weighted by atomic mass is 10.9. The van der Waals surface area contributed by atoms with Gasteiger partial charge in [-0.2, -0.15) is 0 Å². The maximum Gasteiger partial charge on any atom is 0.0692 e. The molecule has 0 unspecified atom stereocenters. The van der Waals surface area contributed by atoms with E-state index in [0.29, 0.717) is 0 Å². The fourth-order valence-electron chi connectivity index (χ4n) is 0.267. The first kappa shape index (κ1) is 6.14. The summed E-state index contributed by atoms with van der Waals surface area (Å²) < 4.78 is 1.64. The van der Waals surface area contributed by atoms with Gasteiger partial charge in [0.05, 0.1) is 6.20 Å². The van der Waals surface area contributed by atoms with Crippen molar-refractivity contribution in [3.05, 3.63) is 12.4 Å². The van der Waals surface area contributed by atoms with Gasteiger partial charge >= 0.3 is 0 Å². The molecular formula is C4H9N3. The fourth-order valence-corrected chi connectivity index (χ4v) is 0.267. The maximum absolute atomic E-state index is 3.58. The lowest BCUT2D eigenvalue weighted by molar-refractivity contribution is 0.715. The van der Waals surface area contributed by atoms with E-state index in [1.807, 2.05) is 7.05 Å². The maximum atomic E-state index is 3.58. The van der Waals surface area contributed by atoms with Crippen molar-refractivity contribution in [2.45, 2.75) is 7.43 Å². The molecule has 1 aromatic heterocycles. The Morgan fingerprint density at radius 1 is 1.57 bits per heavy atom. The summed E-state index contributed by atoms with van der Waals surface area (Å²) in [6, 6.07) is 0. The molecule has 3 heteroatoms. The van der Waals surface area contributed by atoms with Crippen molar-refractivity contribution >= 4 is 0 Å². The Labute approximate surface area is 43.0 Å². The van der Waals surface area contributed by atoms with Crippen LogP contribution in [0.5, 0.6) is 0 Å². The van der Waals surface area contributed by atoms with E-state index >= 15 is 0 Å². The van der Waals surface area contributed by atoms with Crippen LogP contribution < -0.4 is 0 Å². The molecule has 0 amide bonds. The Morgan fingerprint density at radius 3 is 2.43 bits per heavy atom. The monoisotopic (exact) mass is 99.1 g/mol. The Hall–Kier alpha value is -0.860. The third kappa shape index (κ3) is 1.34. The molecule has 0 N–H and O–H groups in total. The summed E-state index contributed by atoms with van der Waals surface area (Å²) in [7, 11) is 1.83. The first-order valence-corrected chi connectivity index (χ1v) is 1.70. The molecule has 0 aliphatic rings. The van der Waals surface area contributed by atoms with E-state index in [2.05, 4.69) is 10.3 Å². The van der Waals surface area contributed by atoms with Gasteiger partial charge in [-0.05, 0) is 0 Å². The van der Waals surface area contributed by atoms with Gasteiger partial charge in [-0.1, -0.05) is 12.6 Å². The molecule has 1 rings (SSSR count). The zero-order valence-electron chi connectivity index (χ0n) is 3.50. The van der Waals surface area contributed by atoms with Crippen LogP contribution in [0.3, 0.4) is 0 Å². The number of aromatic nitrogens is 3. The van der Waals surface area contributed by atoms with E-state index in [0.717, 1.165) is 0 Å². The van der Waals surface area contributed by atoms with Gasteiger partial charge in [0.1, 0.15) is 0 Å². The summed E-state index contributed by atoms with van der Waals surface area (Å²) in [6.45, 7) is 0. The molecule has 40 valence electrons. The van der Waals surface area contributed by atoms with Crippen LogP contribution in [0.1, 0.15) is 7.43 Å². The van der Waals surface area contributed by atoms with Crippen molar-refractivity contribution in [3.63, 3.8) is 0 Å². The first-order valence-electron chi connectivity index (χ1n) is 1.70. The van der Waals surface area contributed by atoms with Crippen molar-refractivity contribution in [3.8, 4) is 0 Å². The topological polar surface area (TPSA) is 30.7 Å². The van der Waals surface area contributed by atoms with Crippen LogP contribution in [0.2, 0.25) is 0 Å². The second-order valence-electron chi connectivity index (χ2n) is 1.08. The van der Waals surface area contributed by atoms with Crippen molar-refractivity contribution in [2.24, 2.45) is 7.05 Å². The zero-order valence-corrected chi connectivity index (χ0v) is 3.50. The average molecular weight is 99.1 g/mol. The standard InChI is InChI=1S/C3H5N3.CH4/c1-6-3-2-4-5-6;/h2-3H,1H3;1H4. The molecule has 0 fully saturated rings. The summed E-state index contributed by atoms with van der Waals surface area (Å²) in [5.41, 5.74) is 0. The molecule has 1 heterocycles. The van der Waals surface area contributed by atoms with Gasteiger partial charge in [-0.15, -0.1) is 5.10 Å². The normalized spacial score (nSPS) is 7.57. The number of rotatable bonds is 0. The fraction of sp³-hybridized carbons (Fsp3) is 0.500. The van der Waals surface area contributed by atoms with Gasteiger partial charge in [0.2, 0.25) is 0 Å². The van der Waals surface area contributed by atoms with Crippen LogP contribution in [0.15, 0.2) is 12.4 Å². The molecule has 3 nitrogen and oxygen atoms in total. The molecule has 0 bridgehead atoms. The summed E-state index contributed by atoms with van der Waals surface area (Å²) in [5, 5.41) is 7.12. The number of hydrogen-bond acceptors (Lipinski definition) is 2. The Balaban J connectivity index is 0.000000360. The molecule has 0 aliphatic heterocycles. The second-order valence-corrected chi connectivity index (χ2v) is 1.08. The summed E-state index contributed by atoms with van der Waals surface area (Å²) in [4.78, 5) is 0. The van der Waals surface area contributed by atoms with E-state index in [1.165, 1.54) is 0 Å². The lowest BCUT2D eigenvalue weighted by Gasteiger charge is -1.74. The SMILES string of the molecule is C.Cn1ccnn1. The van der Waals surface area contributed by atoms with Crippen LogP contribution in [-0.2, 0) is 7.05 Å². The van der Waals surface area contributed by atoms with Crippen LogP contribution >= 0.6 is 0 Å². The molecule has 0 aromatic carbocycles. The summed E-state index contributed by atoms with van der Waals surface area (Å²) >= 11 is 0. The highest BCUT2D eigenvalue weighted by molar-refractivity contribution is 4.59. The molecule has 0 saturated heterocycles. The molecule has 0 saturated carbocycles. The predicted molar refractivity (Wildman–Crippen MR) is 27.7 cm³/mol. The molecule has 7 heavy (non-hydrogen) atoms. The Kier molecular flexibility index (Phi) is 2.05. The third-order valence-electron chi connectivity index (χ3n) is 0.542. The molecule has 0 radical (unpaired) electrons.